The Hall–Kier alpha value is -1.45. The summed E-state index contributed by atoms with van der Waals surface area (Å²) in [4.78, 5) is 18.4. The van der Waals surface area contributed by atoms with Gasteiger partial charge in [-0.2, -0.15) is 0 Å². The second-order valence-corrected chi connectivity index (χ2v) is 3.55. The van der Waals surface area contributed by atoms with Crippen LogP contribution in [0.5, 0.6) is 0 Å². The molecule has 0 spiro atoms. The average Bonchev–Trinajstić information content (AvgIpc) is 2.04. The zero-order chi connectivity index (χ0) is 9.90. The Labute approximate surface area is 76.7 Å². The van der Waals surface area contributed by atoms with Crippen LogP contribution < -0.4 is 0 Å². The van der Waals surface area contributed by atoms with Gasteiger partial charge in [0.05, 0.1) is 6.42 Å². The van der Waals surface area contributed by atoms with E-state index in [1.54, 1.807) is 12.3 Å². The third kappa shape index (κ3) is 2.50. The lowest BCUT2D eigenvalue weighted by atomic mass is 9.85. The summed E-state index contributed by atoms with van der Waals surface area (Å²) in [6, 6.07) is 1.74. The molecule has 0 bridgehead atoms. The van der Waals surface area contributed by atoms with E-state index >= 15 is 0 Å². The molecule has 0 atom stereocenters. The van der Waals surface area contributed by atoms with E-state index in [0.29, 0.717) is 0 Å². The fourth-order valence-electron chi connectivity index (χ4n) is 1.16. The van der Waals surface area contributed by atoms with Crippen LogP contribution in [0.1, 0.15) is 26.0 Å². The van der Waals surface area contributed by atoms with Crippen LogP contribution in [0.15, 0.2) is 18.6 Å². The molecule has 13 heavy (non-hydrogen) atoms. The zero-order valence-corrected chi connectivity index (χ0v) is 7.69. The first-order chi connectivity index (χ1) is 6.02. The molecule has 0 unspecified atom stereocenters. The molecule has 1 rings (SSSR count). The van der Waals surface area contributed by atoms with Gasteiger partial charge in [-0.1, -0.05) is 13.8 Å². The van der Waals surface area contributed by atoms with Gasteiger partial charge in [-0.25, -0.2) is 9.97 Å². The van der Waals surface area contributed by atoms with Crippen molar-refractivity contribution in [3.8, 4) is 0 Å². The van der Waals surface area contributed by atoms with Crippen LogP contribution in [0, 0.1) is 0 Å². The van der Waals surface area contributed by atoms with Gasteiger partial charge < -0.3 is 5.11 Å². The minimum atomic E-state index is -0.816. The monoisotopic (exact) mass is 180 g/mol. The summed E-state index contributed by atoms with van der Waals surface area (Å²) in [5.41, 5.74) is 0.319. The fourth-order valence-corrected chi connectivity index (χ4v) is 1.16. The Morgan fingerprint density at radius 3 is 2.77 bits per heavy atom. The highest BCUT2D eigenvalue weighted by molar-refractivity contribution is 5.68. The van der Waals surface area contributed by atoms with E-state index in [1.165, 1.54) is 6.33 Å². The van der Waals surface area contributed by atoms with Gasteiger partial charge in [0.15, 0.2) is 0 Å². The van der Waals surface area contributed by atoms with Crippen molar-refractivity contribution in [1.82, 2.24) is 9.97 Å². The highest BCUT2D eigenvalue weighted by Crippen LogP contribution is 2.24. The Morgan fingerprint density at radius 2 is 2.31 bits per heavy atom. The zero-order valence-electron chi connectivity index (χ0n) is 7.69. The molecule has 0 aromatic carbocycles. The maximum Gasteiger partial charge on any atom is 0.304 e. The number of carboxylic acids is 1. The Morgan fingerprint density at radius 1 is 1.62 bits per heavy atom. The molecule has 1 aromatic rings. The van der Waals surface area contributed by atoms with E-state index in [4.69, 9.17) is 5.11 Å². The molecule has 1 N–H and O–H groups in total. The van der Waals surface area contributed by atoms with Crippen LogP contribution in [-0.2, 0) is 10.2 Å². The maximum absolute atomic E-state index is 10.5. The van der Waals surface area contributed by atoms with Gasteiger partial charge in [-0.15, -0.1) is 0 Å². The summed E-state index contributed by atoms with van der Waals surface area (Å²) >= 11 is 0. The van der Waals surface area contributed by atoms with E-state index < -0.39 is 11.4 Å². The molecule has 0 aliphatic carbocycles. The molecular weight excluding hydrogens is 168 g/mol. The standard InChI is InChI=1S/C9H12N2O2/c1-9(2,5-8(12)13)7-3-4-10-6-11-7/h3-4,6H,5H2,1-2H3,(H,12,13). The van der Waals surface area contributed by atoms with E-state index in [-0.39, 0.29) is 6.42 Å². The van der Waals surface area contributed by atoms with Crippen molar-refractivity contribution in [2.45, 2.75) is 25.7 Å². The van der Waals surface area contributed by atoms with Gasteiger partial charge in [-0.3, -0.25) is 4.79 Å². The number of carbonyl (C=O) groups is 1. The van der Waals surface area contributed by atoms with E-state index in [9.17, 15) is 4.79 Å². The fraction of sp³-hybridized carbons (Fsp3) is 0.444. The van der Waals surface area contributed by atoms with Crippen molar-refractivity contribution in [3.05, 3.63) is 24.3 Å². The largest absolute Gasteiger partial charge is 0.481 e. The van der Waals surface area contributed by atoms with Gasteiger partial charge in [0.25, 0.3) is 0 Å². The number of aliphatic carboxylic acids is 1. The van der Waals surface area contributed by atoms with Crippen LogP contribution in [0.2, 0.25) is 0 Å². The molecule has 0 aliphatic heterocycles. The minimum Gasteiger partial charge on any atom is -0.481 e. The highest BCUT2D eigenvalue weighted by atomic mass is 16.4. The van der Waals surface area contributed by atoms with Gasteiger partial charge in [0, 0.05) is 17.3 Å². The van der Waals surface area contributed by atoms with Crippen molar-refractivity contribution in [2.75, 3.05) is 0 Å². The molecule has 70 valence electrons. The smallest absolute Gasteiger partial charge is 0.304 e. The van der Waals surface area contributed by atoms with Gasteiger partial charge in [0.2, 0.25) is 0 Å². The molecule has 0 amide bonds. The van der Waals surface area contributed by atoms with Crippen LogP contribution in [0.4, 0.5) is 0 Å². The quantitative estimate of drug-likeness (QED) is 0.759. The van der Waals surface area contributed by atoms with E-state index in [2.05, 4.69) is 9.97 Å². The van der Waals surface area contributed by atoms with Crippen molar-refractivity contribution in [2.24, 2.45) is 0 Å². The normalized spacial score (nSPS) is 11.2. The van der Waals surface area contributed by atoms with Gasteiger partial charge in [0.1, 0.15) is 6.33 Å². The third-order valence-corrected chi connectivity index (χ3v) is 1.87. The number of hydrogen-bond donors (Lipinski definition) is 1. The molecule has 1 aromatic heterocycles. The van der Waals surface area contributed by atoms with Crippen LogP contribution in [0.3, 0.4) is 0 Å². The average molecular weight is 180 g/mol. The Kier molecular flexibility index (Phi) is 2.60. The number of nitrogens with zero attached hydrogens (tertiary/aromatic N) is 2. The summed E-state index contributed by atoms with van der Waals surface area (Å²) in [5.74, 6) is -0.816. The Bertz CT molecular complexity index is 296. The molecule has 4 nitrogen and oxygen atoms in total. The van der Waals surface area contributed by atoms with Crippen molar-refractivity contribution in [3.63, 3.8) is 0 Å². The van der Waals surface area contributed by atoms with E-state index in [0.717, 1.165) is 5.69 Å². The van der Waals surface area contributed by atoms with Crippen LogP contribution in [-0.4, -0.2) is 21.0 Å². The second-order valence-electron chi connectivity index (χ2n) is 3.55. The van der Waals surface area contributed by atoms with Gasteiger partial charge in [-0.05, 0) is 6.07 Å². The predicted molar refractivity (Wildman–Crippen MR) is 47.3 cm³/mol. The topological polar surface area (TPSA) is 63.1 Å². The van der Waals surface area contributed by atoms with Gasteiger partial charge >= 0.3 is 5.97 Å². The van der Waals surface area contributed by atoms with Crippen molar-refractivity contribution >= 4 is 5.97 Å². The van der Waals surface area contributed by atoms with E-state index in [1.807, 2.05) is 13.8 Å². The molecule has 0 aliphatic rings. The lowest BCUT2D eigenvalue weighted by Gasteiger charge is -2.20. The minimum absolute atomic E-state index is 0.0734. The molecule has 1 heterocycles. The maximum atomic E-state index is 10.5. The second kappa shape index (κ2) is 3.51. The number of rotatable bonds is 3. The molecule has 0 radical (unpaired) electrons. The first kappa shape index (κ1) is 9.64. The Balaban J connectivity index is 2.87. The predicted octanol–water partition coefficient (Wildman–Crippen LogP) is 1.23. The highest BCUT2D eigenvalue weighted by Gasteiger charge is 2.25. The summed E-state index contributed by atoms with van der Waals surface area (Å²) in [7, 11) is 0. The summed E-state index contributed by atoms with van der Waals surface area (Å²) < 4.78 is 0. The lowest BCUT2D eigenvalue weighted by molar-refractivity contribution is -0.138. The van der Waals surface area contributed by atoms with Crippen LogP contribution in [0.25, 0.3) is 0 Å². The number of carboxylic acid groups (broad SMARTS) is 1. The first-order valence-corrected chi connectivity index (χ1v) is 4.01. The van der Waals surface area contributed by atoms with Crippen LogP contribution >= 0.6 is 0 Å². The number of hydrogen-bond acceptors (Lipinski definition) is 3. The van der Waals surface area contributed by atoms with Crippen molar-refractivity contribution < 1.29 is 9.90 Å². The lowest BCUT2D eigenvalue weighted by Crippen LogP contribution is -2.22. The molecular formula is C9H12N2O2. The van der Waals surface area contributed by atoms with Crippen molar-refractivity contribution in [1.29, 1.82) is 0 Å². The summed E-state index contributed by atoms with van der Waals surface area (Å²) in [5, 5.41) is 8.67. The number of aromatic nitrogens is 2. The summed E-state index contributed by atoms with van der Waals surface area (Å²) in [6.45, 7) is 3.70. The SMILES string of the molecule is CC(C)(CC(=O)O)c1ccncn1. The molecule has 4 heteroatoms. The first-order valence-electron chi connectivity index (χ1n) is 4.01. The molecule has 0 saturated carbocycles. The summed E-state index contributed by atoms with van der Waals surface area (Å²) in [6.07, 6.45) is 3.12. The third-order valence-electron chi connectivity index (χ3n) is 1.87. The molecule has 0 saturated heterocycles. The molecule has 0 fully saturated rings.